The molecule has 1 rings (SSSR count). The molecular weight excluding hydrogens is 112 g/mol. The minimum Gasteiger partial charge on any atom is -0.302 e. The molecule has 0 bridgehead atoms. The fraction of sp³-hybridized carbons (Fsp3) is 0.125. The zero-order chi connectivity index (χ0) is 6.69. The quantitative estimate of drug-likeness (QED) is 0.479. The van der Waals surface area contributed by atoms with Gasteiger partial charge in [-0.15, -0.1) is 0 Å². The highest BCUT2D eigenvalue weighted by atomic mass is 16.1. The SMILES string of the molecule is C=C1C=CC(C=O)C=C1. The van der Waals surface area contributed by atoms with E-state index in [9.17, 15) is 4.79 Å². The first kappa shape index (κ1) is 6.02. The predicted molar refractivity (Wildman–Crippen MR) is 37.0 cm³/mol. The summed E-state index contributed by atoms with van der Waals surface area (Å²) in [6.45, 7) is 3.69. The lowest BCUT2D eigenvalue weighted by Crippen LogP contribution is -1.95. The lowest BCUT2D eigenvalue weighted by atomic mass is 10.0. The van der Waals surface area contributed by atoms with E-state index in [4.69, 9.17) is 0 Å². The normalized spacial score (nSPS) is 18.4. The lowest BCUT2D eigenvalue weighted by molar-refractivity contribution is -0.108. The van der Waals surface area contributed by atoms with Crippen molar-refractivity contribution in [3.05, 3.63) is 36.5 Å². The van der Waals surface area contributed by atoms with Gasteiger partial charge in [0.25, 0.3) is 0 Å². The van der Waals surface area contributed by atoms with E-state index in [1.807, 2.05) is 24.3 Å². The number of aldehydes is 1. The fourth-order valence-corrected chi connectivity index (χ4v) is 0.680. The summed E-state index contributed by atoms with van der Waals surface area (Å²) in [5.41, 5.74) is 0.952. The van der Waals surface area contributed by atoms with Gasteiger partial charge in [0.1, 0.15) is 6.29 Å². The number of allylic oxidation sites excluding steroid dienone is 5. The van der Waals surface area contributed by atoms with Crippen LogP contribution in [0.5, 0.6) is 0 Å². The molecule has 0 radical (unpaired) electrons. The maximum atomic E-state index is 10.1. The van der Waals surface area contributed by atoms with Crippen molar-refractivity contribution in [1.82, 2.24) is 0 Å². The Morgan fingerprint density at radius 1 is 1.44 bits per heavy atom. The molecule has 0 atom stereocenters. The van der Waals surface area contributed by atoms with Crippen molar-refractivity contribution < 1.29 is 4.79 Å². The van der Waals surface area contributed by atoms with Gasteiger partial charge in [0, 0.05) is 0 Å². The van der Waals surface area contributed by atoms with E-state index in [1.165, 1.54) is 0 Å². The lowest BCUT2D eigenvalue weighted by Gasteiger charge is -2.01. The first-order valence-electron chi connectivity index (χ1n) is 2.83. The molecule has 0 aromatic rings. The predicted octanol–water partition coefficient (Wildman–Crippen LogP) is 1.48. The smallest absolute Gasteiger partial charge is 0.130 e. The molecule has 1 aliphatic carbocycles. The van der Waals surface area contributed by atoms with Gasteiger partial charge in [-0.3, -0.25) is 0 Å². The Morgan fingerprint density at radius 2 is 2.00 bits per heavy atom. The van der Waals surface area contributed by atoms with Crippen LogP contribution in [-0.4, -0.2) is 6.29 Å². The summed E-state index contributed by atoms with van der Waals surface area (Å²) in [5, 5.41) is 0. The van der Waals surface area contributed by atoms with Gasteiger partial charge in [0.15, 0.2) is 0 Å². The van der Waals surface area contributed by atoms with Crippen LogP contribution < -0.4 is 0 Å². The summed E-state index contributed by atoms with van der Waals surface area (Å²) in [5.74, 6) is -0.0319. The molecule has 1 aliphatic rings. The first-order chi connectivity index (χ1) is 4.33. The zero-order valence-corrected chi connectivity index (χ0v) is 5.08. The van der Waals surface area contributed by atoms with E-state index in [0.29, 0.717) is 0 Å². The molecule has 0 amide bonds. The van der Waals surface area contributed by atoms with E-state index in [1.54, 1.807) is 0 Å². The number of carbonyl (C=O) groups is 1. The third-order valence-electron chi connectivity index (χ3n) is 1.22. The summed E-state index contributed by atoms with van der Waals surface area (Å²) >= 11 is 0. The third kappa shape index (κ3) is 1.39. The van der Waals surface area contributed by atoms with Crippen molar-refractivity contribution in [1.29, 1.82) is 0 Å². The molecule has 0 aliphatic heterocycles. The maximum Gasteiger partial charge on any atom is 0.130 e. The van der Waals surface area contributed by atoms with Crippen LogP contribution in [0, 0.1) is 5.92 Å². The summed E-state index contributed by atoms with van der Waals surface area (Å²) in [6, 6.07) is 0. The third-order valence-corrected chi connectivity index (χ3v) is 1.22. The Balaban J connectivity index is 2.68. The van der Waals surface area contributed by atoms with Gasteiger partial charge in [0.2, 0.25) is 0 Å². The summed E-state index contributed by atoms with van der Waals surface area (Å²) < 4.78 is 0. The molecule has 1 nitrogen and oxygen atoms in total. The van der Waals surface area contributed by atoms with Gasteiger partial charge in [0.05, 0.1) is 5.92 Å². The Morgan fingerprint density at radius 3 is 2.44 bits per heavy atom. The van der Waals surface area contributed by atoms with Crippen LogP contribution in [0.4, 0.5) is 0 Å². The number of hydrogen-bond donors (Lipinski definition) is 0. The van der Waals surface area contributed by atoms with Gasteiger partial charge < -0.3 is 4.79 Å². The number of carbonyl (C=O) groups excluding carboxylic acids is 1. The topological polar surface area (TPSA) is 17.1 Å². The fourth-order valence-electron chi connectivity index (χ4n) is 0.680. The minimum atomic E-state index is -0.0319. The van der Waals surface area contributed by atoms with Gasteiger partial charge >= 0.3 is 0 Å². The van der Waals surface area contributed by atoms with Crippen LogP contribution in [0.1, 0.15) is 0 Å². The Hall–Kier alpha value is -1.11. The standard InChI is InChI=1S/C8H8O/c1-7-2-4-8(6-9)5-3-7/h2-6,8H,1H2. The summed E-state index contributed by atoms with van der Waals surface area (Å²) in [7, 11) is 0. The van der Waals surface area contributed by atoms with Gasteiger partial charge in [-0.05, 0) is 5.57 Å². The molecule has 9 heavy (non-hydrogen) atoms. The van der Waals surface area contributed by atoms with Crippen molar-refractivity contribution in [3.8, 4) is 0 Å². The average molecular weight is 120 g/mol. The van der Waals surface area contributed by atoms with Crippen molar-refractivity contribution >= 4 is 6.29 Å². The highest BCUT2D eigenvalue weighted by Gasteiger charge is 1.99. The van der Waals surface area contributed by atoms with Crippen LogP contribution >= 0.6 is 0 Å². The highest BCUT2D eigenvalue weighted by molar-refractivity contribution is 5.62. The molecule has 0 saturated carbocycles. The van der Waals surface area contributed by atoms with Gasteiger partial charge in [-0.2, -0.15) is 0 Å². The number of rotatable bonds is 1. The molecule has 1 heteroatoms. The second-order valence-electron chi connectivity index (χ2n) is 2.01. The monoisotopic (exact) mass is 120 g/mol. The second-order valence-corrected chi connectivity index (χ2v) is 2.01. The van der Waals surface area contributed by atoms with E-state index in [-0.39, 0.29) is 5.92 Å². The Labute approximate surface area is 54.4 Å². The summed E-state index contributed by atoms with van der Waals surface area (Å²) in [4.78, 5) is 10.1. The molecule has 0 spiro atoms. The van der Waals surface area contributed by atoms with Crippen LogP contribution in [0.3, 0.4) is 0 Å². The molecule has 0 N–H and O–H groups in total. The van der Waals surface area contributed by atoms with Crippen molar-refractivity contribution in [2.24, 2.45) is 5.92 Å². The Kier molecular flexibility index (Phi) is 1.63. The minimum absolute atomic E-state index is 0.0319. The molecule has 0 aromatic carbocycles. The van der Waals surface area contributed by atoms with Crippen molar-refractivity contribution in [3.63, 3.8) is 0 Å². The molecule has 46 valence electrons. The number of hydrogen-bond acceptors (Lipinski definition) is 1. The Bertz CT molecular complexity index is 171. The molecular formula is C8H8O. The van der Waals surface area contributed by atoms with Crippen molar-refractivity contribution in [2.75, 3.05) is 0 Å². The van der Waals surface area contributed by atoms with Crippen LogP contribution in [0.15, 0.2) is 36.5 Å². The van der Waals surface area contributed by atoms with Gasteiger partial charge in [-0.1, -0.05) is 30.9 Å². The van der Waals surface area contributed by atoms with E-state index in [2.05, 4.69) is 6.58 Å². The molecule has 0 saturated heterocycles. The first-order valence-corrected chi connectivity index (χ1v) is 2.83. The maximum absolute atomic E-state index is 10.1. The average Bonchev–Trinajstić information content (AvgIpc) is 1.90. The molecule has 0 fully saturated rings. The van der Waals surface area contributed by atoms with Crippen LogP contribution in [0.2, 0.25) is 0 Å². The van der Waals surface area contributed by atoms with Gasteiger partial charge in [-0.25, -0.2) is 0 Å². The van der Waals surface area contributed by atoms with E-state index < -0.39 is 0 Å². The van der Waals surface area contributed by atoms with E-state index in [0.717, 1.165) is 11.9 Å². The van der Waals surface area contributed by atoms with Crippen LogP contribution in [0.25, 0.3) is 0 Å². The summed E-state index contributed by atoms with van der Waals surface area (Å²) in [6.07, 6.45) is 8.25. The zero-order valence-electron chi connectivity index (χ0n) is 5.08. The molecule has 0 aromatic heterocycles. The van der Waals surface area contributed by atoms with Crippen molar-refractivity contribution in [2.45, 2.75) is 0 Å². The van der Waals surface area contributed by atoms with E-state index >= 15 is 0 Å². The second kappa shape index (κ2) is 2.44. The molecule has 0 heterocycles. The molecule has 0 unspecified atom stereocenters. The largest absolute Gasteiger partial charge is 0.302 e. The van der Waals surface area contributed by atoms with Crippen LogP contribution in [-0.2, 0) is 4.79 Å². The highest BCUT2D eigenvalue weighted by Crippen LogP contribution is 2.09.